The monoisotopic (exact) mass is 179 g/mol. The Morgan fingerprint density at radius 2 is 2.23 bits per heavy atom. The molecule has 1 spiro atoms. The minimum atomic E-state index is 0.788. The SMILES string of the molecule is CN1CCC2(CC3CCCC2C3)C1. The lowest BCUT2D eigenvalue weighted by molar-refractivity contribution is 0.195. The molecule has 1 heteroatoms. The van der Waals surface area contributed by atoms with E-state index >= 15 is 0 Å². The van der Waals surface area contributed by atoms with E-state index in [-0.39, 0.29) is 0 Å². The molecule has 1 saturated heterocycles. The Morgan fingerprint density at radius 1 is 1.31 bits per heavy atom. The maximum absolute atomic E-state index is 2.56. The van der Waals surface area contributed by atoms with E-state index in [1.807, 2.05) is 0 Å². The van der Waals surface area contributed by atoms with E-state index < -0.39 is 0 Å². The molecule has 0 aromatic rings. The van der Waals surface area contributed by atoms with Gasteiger partial charge in [0.05, 0.1) is 0 Å². The van der Waals surface area contributed by atoms with Gasteiger partial charge in [-0.05, 0) is 56.5 Å². The Balaban J connectivity index is 1.84. The third kappa shape index (κ3) is 1.16. The summed E-state index contributed by atoms with van der Waals surface area (Å²) in [6, 6.07) is 0. The molecule has 1 heterocycles. The van der Waals surface area contributed by atoms with Crippen molar-refractivity contribution in [3.8, 4) is 0 Å². The third-order valence-corrected chi connectivity index (χ3v) is 4.92. The van der Waals surface area contributed by atoms with Gasteiger partial charge in [0.2, 0.25) is 0 Å². The van der Waals surface area contributed by atoms with Crippen molar-refractivity contribution < 1.29 is 0 Å². The first-order valence-electron chi connectivity index (χ1n) is 5.97. The number of hydrogen-bond donors (Lipinski definition) is 0. The molecule has 0 aromatic carbocycles. The van der Waals surface area contributed by atoms with E-state index in [0.717, 1.165) is 17.3 Å². The number of likely N-dealkylation sites (tertiary alicyclic amines) is 1. The Kier molecular flexibility index (Phi) is 1.74. The van der Waals surface area contributed by atoms with E-state index in [1.54, 1.807) is 25.7 Å². The van der Waals surface area contributed by atoms with Gasteiger partial charge in [-0.1, -0.05) is 12.8 Å². The Hall–Kier alpha value is -0.0400. The molecular formula is C12H21N. The highest BCUT2D eigenvalue weighted by Gasteiger charge is 2.50. The average Bonchev–Trinajstić information content (AvgIpc) is 2.58. The molecule has 2 saturated carbocycles. The number of nitrogens with zero attached hydrogens (tertiary/aromatic N) is 1. The van der Waals surface area contributed by atoms with Crippen molar-refractivity contribution in [2.45, 2.75) is 38.5 Å². The van der Waals surface area contributed by atoms with Gasteiger partial charge < -0.3 is 4.90 Å². The molecule has 0 aromatic heterocycles. The zero-order chi connectivity index (χ0) is 8.89. The Morgan fingerprint density at radius 3 is 2.92 bits per heavy atom. The van der Waals surface area contributed by atoms with Crippen LogP contribution in [0.4, 0.5) is 0 Å². The van der Waals surface area contributed by atoms with Gasteiger partial charge in [0.25, 0.3) is 0 Å². The fourth-order valence-corrected chi connectivity index (χ4v) is 4.38. The normalized spacial score (nSPS) is 50.5. The summed E-state index contributed by atoms with van der Waals surface area (Å²) in [4.78, 5) is 2.56. The lowest BCUT2D eigenvalue weighted by Crippen LogP contribution is -2.28. The molecule has 1 aliphatic heterocycles. The van der Waals surface area contributed by atoms with Gasteiger partial charge >= 0.3 is 0 Å². The van der Waals surface area contributed by atoms with E-state index in [1.165, 1.54) is 25.9 Å². The fourth-order valence-electron chi connectivity index (χ4n) is 4.38. The Bertz CT molecular complexity index is 213. The zero-order valence-electron chi connectivity index (χ0n) is 8.76. The molecule has 3 fully saturated rings. The lowest BCUT2D eigenvalue weighted by atomic mass is 9.75. The van der Waals surface area contributed by atoms with Crippen LogP contribution in [0.25, 0.3) is 0 Å². The molecule has 3 unspecified atom stereocenters. The topological polar surface area (TPSA) is 3.24 Å². The maximum atomic E-state index is 2.56. The third-order valence-electron chi connectivity index (χ3n) is 4.92. The molecule has 74 valence electrons. The molecular weight excluding hydrogens is 158 g/mol. The van der Waals surface area contributed by atoms with Gasteiger partial charge in [0.1, 0.15) is 0 Å². The van der Waals surface area contributed by atoms with Crippen LogP contribution in [-0.2, 0) is 0 Å². The predicted molar refractivity (Wildman–Crippen MR) is 54.6 cm³/mol. The van der Waals surface area contributed by atoms with E-state index in [2.05, 4.69) is 11.9 Å². The summed E-state index contributed by atoms with van der Waals surface area (Å²) >= 11 is 0. The van der Waals surface area contributed by atoms with Gasteiger partial charge in [-0.25, -0.2) is 0 Å². The molecule has 2 bridgehead atoms. The van der Waals surface area contributed by atoms with Crippen LogP contribution in [0.2, 0.25) is 0 Å². The second-order valence-electron chi connectivity index (χ2n) is 5.78. The zero-order valence-corrected chi connectivity index (χ0v) is 8.76. The van der Waals surface area contributed by atoms with Gasteiger partial charge in [-0.2, -0.15) is 0 Å². The van der Waals surface area contributed by atoms with Crippen molar-refractivity contribution in [2.24, 2.45) is 17.3 Å². The van der Waals surface area contributed by atoms with Crippen LogP contribution in [0.15, 0.2) is 0 Å². The van der Waals surface area contributed by atoms with E-state index in [9.17, 15) is 0 Å². The summed E-state index contributed by atoms with van der Waals surface area (Å²) in [5.41, 5.74) is 0.788. The maximum Gasteiger partial charge on any atom is 0.00382 e. The molecule has 0 amide bonds. The van der Waals surface area contributed by atoms with Crippen LogP contribution in [0.1, 0.15) is 38.5 Å². The summed E-state index contributed by atoms with van der Waals surface area (Å²) in [5.74, 6) is 2.22. The van der Waals surface area contributed by atoms with Crippen LogP contribution >= 0.6 is 0 Å². The molecule has 3 aliphatic rings. The van der Waals surface area contributed by atoms with Gasteiger partial charge in [0.15, 0.2) is 0 Å². The first-order chi connectivity index (χ1) is 6.28. The first-order valence-corrected chi connectivity index (χ1v) is 5.97. The van der Waals surface area contributed by atoms with Crippen LogP contribution in [0.5, 0.6) is 0 Å². The summed E-state index contributed by atoms with van der Waals surface area (Å²) in [7, 11) is 2.30. The van der Waals surface area contributed by atoms with Crippen LogP contribution in [0, 0.1) is 17.3 Å². The molecule has 0 N–H and O–H groups in total. The first kappa shape index (κ1) is 8.28. The van der Waals surface area contributed by atoms with Crippen molar-refractivity contribution in [1.82, 2.24) is 4.90 Å². The molecule has 13 heavy (non-hydrogen) atoms. The standard InChI is InChI=1S/C12H21N/c1-13-6-5-12(9-13)8-10-3-2-4-11(12)7-10/h10-11H,2-9H2,1H3. The minimum Gasteiger partial charge on any atom is -0.306 e. The molecule has 1 nitrogen and oxygen atoms in total. The summed E-state index contributed by atoms with van der Waals surface area (Å²) < 4.78 is 0. The van der Waals surface area contributed by atoms with Gasteiger partial charge in [0, 0.05) is 6.54 Å². The van der Waals surface area contributed by atoms with E-state index in [0.29, 0.717) is 0 Å². The van der Waals surface area contributed by atoms with Crippen molar-refractivity contribution in [3.63, 3.8) is 0 Å². The highest BCUT2D eigenvalue weighted by atomic mass is 15.1. The quantitative estimate of drug-likeness (QED) is 0.552. The van der Waals surface area contributed by atoms with Crippen molar-refractivity contribution in [3.05, 3.63) is 0 Å². The minimum absolute atomic E-state index is 0.788. The van der Waals surface area contributed by atoms with Crippen LogP contribution in [0.3, 0.4) is 0 Å². The van der Waals surface area contributed by atoms with Crippen LogP contribution < -0.4 is 0 Å². The summed E-state index contributed by atoms with van der Waals surface area (Å²) in [5, 5.41) is 0. The smallest absolute Gasteiger partial charge is 0.00382 e. The number of rotatable bonds is 0. The van der Waals surface area contributed by atoms with Crippen molar-refractivity contribution in [1.29, 1.82) is 0 Å². The molecule has 2 aliphatic carbocycles. The summed E-state index contributed by atoms with van der Waals surface area (Å²) in [6.45, 7) is 2.78. The molecule has 0 radical (unpaired) electrons. The largest absolute Gasteiger partial charge is 0.306 e. The fraction of sp³-hybridized carbons (Fsp3) is 1.00. The predicted octanol–water partition coefficient (Wildman–Crippen LogP) is 2.52. The number of fused-ring (bicyclic) bond motifs is 3. The van der Waals surface area contributed by atoms with E-state index in [4.69, 9.17) is 0 Å². The van der Waals surface area contributed by atoms with Gasteiger partial charge in [-0.15, -0.1) is 0 Å². The highest BCUT2D eigenvalue weighted by Crippen LogP contribution is 2.57. The van der Waals surface area contributed by atoms with Crippen molar-refractivity contribution in [2.75, 3.05) is 20.1 Å². The molecule has 3 atom stereocenters. The lowest BCUT2D eigenvalue weighted by Gasteiger charge is -2.30. The second-order valence-corrected chi connectivity index (χ2v) is 5.78. The summed E-state index contributed by atoms with van der Waals surface area (Å²) in [6.07, 6.45) is 9.27. The van der Waals surface area contributed by atoms with Gasteiger partial charge in [-0.3, -0.25) is 0 Å². The Labute approximate surface area is 81.5 Å². The average molecular weight is 179 g/mol. The molecule has 3 rings (SSSR count). The highest BCUT2D eigenvalue weighted by molar-refractivity contribution is 5.02. The van der Waals surface area contributed by atoms with Crippen LogP contribution in [-0.4, -0.2) is 25.0 Å². The second kappa shape index (κ2) is 2.73. The van der Waals surface area contributed by atoms with Crippen molar-refractivity contribution >= 4 is 0 Å². The number of hydrogen-bond acceptors (Lipinski definition) is 1.